The SMILES string of the molecule is CCCc1ccc(-c2ncon2)c(C(F)F)c1. The molecule has 0 aliphatic heterocycles. The molecule has 1 heterocycles. The molecule has 0 unspecified atom stereocenters. The predicted molar refractivity (Wildman–Crippen MR) is 58.7 cm³/mol. The van der Waals surface area contributed by atoms with Gasteiger partial charge in [0.25, 0.3) is 6.43 Å². The number of aryl methyl sites for hydroxylation is 1. The smallest absolute Gasteiger partial charge is 0.264 e. The first-order valence-electron chi connectivity index (χ1n) is 5.40. The third-order valence-corrected chi connectivity index (χ3v) is 2.49. The Bertz CT molecular complexity index is 483. The van der Waals surface area contributed by atoms with E-state index in [-0.39, 0.29) is 11.4 Å². The van der Waals surface area contributed by atoms with Crippen molar-refractivity contribution in [3.05, 3.63) is 35.7 Å². The van der Waals surface area contributed by atoms with Gasteiger partial charge in [0.2, 0.25) is 12.2 Å². The van der Waals surface area contributed by atoms with Gasteiger partial charge in [0.05, 0.1) is 0 Å². The molecule has 1 aromatic heterocycles. The van der Waals surface area contributed by atoms with Gasteiger partial charge >= 0.3 is 0 Å². The van der Waals surface area contributed by atoms with E-state index in [4.69, 9.17) is 0 Å². The van der Waals surface area contributed by atoms with Gasteiger partial charge in [-0.3, -0.25) is 0 Å². The van der Waals surface area contributed by atoms with Crippen LogP contribution < -0.4 is 0 Å². The van der Waals surface area contributed by atoms with Crippen molar-refractivity contribution >= 4 is 0 Å². The van der Waals surface area contributed by atoms with Crippen molar-refractivity contribution in [3.63, 3.8) is 0 Å². The Morgan fingerprint density at radius 1 is 1.35 bits per heavy atom. The highest BCUT2D eigenvalue weighted by atomic mass is 19.3. The minimum atomic E-state index is -2.54. The molecular weight excluding hydrogens is 226 g/mol. The lowest BCUT2D eigenvalue weighted by Gasteiger charge is -2.08. The summed E-state index contributed by atoms with van der Waals surface area (Å²) in [6.07, 6.45) is 0.293. The predicted octanol–water partition coefficient (Wildman–Crippen LogP) is 3.63. The van der Waals surface area contributed by atoms with E-state index in [0.29, 0.717) is 5.56 Å². The number of hydrogen-bond acceptors (Lipinski definition) is 3. The first-order valence-corrected chi connectivity index (χ1v) is 5.40. The molecule has 90 valence electrons. The molecule has 0 N–H and O–H groups in total. The van der Waals surface area contributed by atoms with Gasteiger partial charge in [0, 0.05) is 11.1 Å². The molecule has 0 aliphatic rings. The molecule has 0 atom stereocenters. The third kappa shape index (κ3) is 2.49. The van der Waals surface area contributed by atoms with Gasteiger partial charge in [-0.15, -0.1) is 0 Å². The minimum absolute atomic E-state index is 0.0441. The van der Waals surface area contributed by atoms with Crippen LogP contribution in [0.1, 0.15) is 30.9 Å². The molecular formula is C12H12F2N2O. The number of alkyl halides is 2. The van der Waals surface area contributed by atoms with Crippen LogP contribution in [0.15, 0.2) is 29.1 Å². The van der Waals surface area contributed by atoms with Crippen molar-refractivity contribution in [2.75, 3.05) is 0 Å². The second-order valence-electron chi connectivity index (χ2n) is 3.73. The lowest BCUT2D eigenvalue weighted by molar-refractivity contribution is 0.152. The zero-order chi connectivity index (χ0) is 12.3. The van der Waals surface area contributed by atoms with E-state index >= 15 is 0 Å². The summed E-state index contributed by atoms with van der Waals surface area (Å²) >= 11 is 0. The summed E-state index contributed by atoms with van der Waals surface area (Å²) < 4.78 is 30.5. The molecule has 0 saturated heterocycles. The lowest BCUT2D eigenvalue weighted by Crippen LogP contribution is -1.95. The average molecular weight is 238 g/mol. The van der Waals surface area contributed by atoms with E-state index in [9.17, 15) is 8.78 Å². The first-order chi connectivity index (χ1) is 8.22. The van der Waals surface area contributed by atoms with Crippen molar-refractivity contribution in [2.24, 2.45) is 0 Å². The van der Waals surface area contributed by atoms with Crippen molar-refractivity contribution in [1.29, 1.82) is 0 Å². The van der Waals surface area contributed by atoms with Crippen LogP contribution in [0.5, 0.6) is 0 Å². The summed E-state index contributed by atoms with van der Waals surface area (Å²) in [7, 11) is 0. The van der Waals surface area contributed by atoms with Crippen molar-refractivity contribution in [2.45, 2.75) is 26.2 Å². The Kier molecular flexibility index (Phi) is 3.46. The number of rotatable bonds is 4. The standard InChI is InChI=1S/C12H12F2N2O/c1-2-3-8-4-5-9(10(6-8)11(13)14)12-15-7-17-16-12/h4-7,11H,2-3H2,1H3. The van der Waals surface area contributed by atoms with E-state index < -0.39 is 6.43 Å². The van der Waals surface area contributed by atoms with Gasteiger partial charge < -0.3 is 4.52 Å². The van der Waals surface area contributed by atoms with Crippen LogP contribution in [-0.4, -0.2) is 10.1 Å². The molecule has 1 aromatic carbocycles. The molecule has 0 fully saturated rings. The maximum atomic E-state index is 13.0. The summed E-state index contributed by atoms with van der Waals surface area (Å²) in [5.74, 6) is 0.198. The monoisotopic (exact) mass is 238 g/mol. The normalized spacial score (nSPS) is 11.1. The van der Waals surface area contributed by atoms with Crippen molar-refractivity contribution in [3.8, 4) is 11.4 Å². The number of nitrogens with zero attached hydrogens (tertiary/aromatic N) is 2. The molecule has 0 amide bonds. The van der Waals surface area contributed by atoms with Gasteiger partial charge in [-0.05, 0) is 18.1 Å². The van der Waals surface area contributed by atoms with Crippen LogP contribution in [0.3, 0.4) is 0 Å². The van der Waals surface area contributed by atoms with Crippen molar-refractivity contribution < 1.29 is 13.3 Å². The molecule has 0 aliphatic carbocycles. The van der Waals surface area contributed by atoms with Crippen LogP contribution in [-0.2, 0) is 6.42 Å². The fourth-order valence-electron chi connectivity index (χ4n) is 1.73. The number of halogens is 2. The van der Waals surface area contributed by atoms with E-state index in [1.165, 1.54) is 6.07 Å². The minimum Gasteiger partial charge on any atom is -0.342 e. The fraction of sp³-hybridized carbons (Fsp3) is 0.333. The molecule has 2 aromatic rings. The summed E-state index contributed by atoms with van der Waals surface area (Å²) in [5.41, 5.74) is 1.18. The third-order valence-electron chi connectivity index (χ3n) is 2.49. The molecule has 5 heteroatoms. The van der Waals surface area contributed by atoms with Crippen LogP contribution in [0, 0.1) is 0 Å². The molecule has 3 nitrogen and oxygen atoms in total. The van der Waals surface area contributed by atoms with Gasteiger partial charge in [0.15, 0.2) is 0 Å². The van der Waals surface area contributed by atoms with E-state index in [2.05, 4.69) is 14.7 Å². The van der Waals surface area contributed by atoms with E-state index in [1.807, 2.05) is 13.0 Å². The molecule has 0 spiro atoms. The summed E-state index contributed by atoms with van der Waals surface area (Å²) in [4.78, 5) is 3.79. The summed E-state index contributed by atoms with van der Waals surface area (Å²) in [5, 5.41) is 3.59. The molecule has 0 radical (unpaired) electrons. The lowest BCUT2D eigenvalue weighted by atomic mass is 10.0. The number of benzene rings is 1. The quantitative estimate of drug-likeness (QED) is 0.816. The Labute approximate surface area is 97.5 Å². The molecule has 0 bridgehead atoms. The van der Waals surface area contributed by atoms with Crippen molar-refractivity contribution in [1.82, 2.24) is 10.1 Å². The molecule has 2 rings (SSSR count). The highest BCUT2D eigenvalue weighted by Crippen LogP contribution is 2.30. The number of hydrogen-bond donors (Lipinski definition) is 0. The van der Waals surface area contributed by atoms with Crippen LogP contribution >= 0.6 is 0 Å². The Morgan fingerprint density at radius 2 is 2.18 bits per heavy atom. The highest BCUT2D eigenvalue weighted by molar-refractivity contribution is 5.60. The summed E-state index contributed by atoms with van der Waals surface area (Å²) in [6, 6.07) is 4.96. The fourth-order valence-corrected chi connectivity index (χ4v) is 1.73. The number of aromatic nitrogens is 2. The second-order valence-corrected chi connectivity index (χ2v) is 3.73. The van der Waals surface area contributed by atoms with Gasteiger partial charge in [-0.2, -0.15) is 4.98 Å². The molecule has 17 heavy (non-hydrogen) atoms. The zero-order valence-corrected chi connectivity index (χ0v) is 9.36. The first kappa shape index (κ1) is 11.7. The Balaban J connectivity index is 2.45. The second kappa shape index (κ2) is 5.03. The van der Waals surface area contributed by atoms with E-state index in [0.717, 1.165) is 24.8 Å². The van der Waals surface area contributed by atoms with Crippen LogP contribution in [0.4, 0.5) is 8.78 Å². The average Bonchev–Trinajstić information content (AvgIpc) is 2.82. The maximum Gasteiger partial charge on any atom is 0.264 e. The van der Waals surface area contributed by atoms with Crippen LogP contribution in [0.2, 0.25) is 0 Å². The Morgan fingerprint density at radius 3 is 2.76 bits per heavy atom. The van der Waals surface area contributed by atoms with Gasteiger partial charge in [-0.1, -0.05) is 30.6 Å². The van der Waals surface area contributed by atoms with E-state index in [1.54, 1.807) is 6.07 Å². The van der Waals surface area contributed by atoms with Gasteiger partial charge in [0.1, 0.15) is 0 Å². The van der Waals surface area contributed by atoms with Gasteiger partial charge in [-0.25, -0.2) is 8.78 Å². The zero-order valence-electron chi connectivity index (χ0n) is 9.36. The largest absolute Gasteiger partial charge is 0.342 e. The topological polar surface area (TPSA) is 38.9 Å². The summed E-state index contributed by atoms with van der Waals surface area (Å²) in [6.45, 7) is 2.01. The highest BCUT2D eigenvalue weighted by Gasteiger charge is 2.17. The Hall–Kier alpha value is -1.78. The maximum absolute atomic E-state index is 13.0. The molecule has 0 saturated carbocycles. The van der Waals surface area contributed by atoms with Crippen LogP contribution in [0.25, 0.3) is 11.4 Å².